The monoisotopic (exact) mass is 398 g/mol. The van der Waals surface area contributed by atoms with Crippen LogP contribution in [-0.4, -0.2) is 44.3 Å². The van der Waals surface area contributed by atoms with Gasteiger partial charge in [0, 0.05) is 17.6 Å². The second kappa shape index (κ2) is 7.39. The molecule has 9 nitrogen and oxygen atoms in total. The zero-order valence-electron chi connectivity index (χ0n) is 14.8. The minimum Gasteiger partial charge on any atom is -0.366 e. The number of hydrogen-bond acceptors (Lipinski definition) is 6. The first-order valence-electron chi connectivity index (χ1n) is 8.82. The van der Waals surface area contributed by atoms with Crippen LogP contribution in [0.4, 0.5) is 5.69 Å². The molecule has 10 heteroatoms. The minimum atomic E-state index is -0.765. The van der Waals surface area contributed by atoms with E-state index >= 15 is 0 Å². The van der Waals surface area contributed by atoms with Crippen LogP contribution in [-0.2, 0) is 9.59 Å². The van der Waals surface area contributed by atoms with Crippen LogP contribution in [0.2, 0.25) is 0 Å². The fourth-order valence-electron chi connectivity index (χ4n) is 3.36. The fraction of sp³-hybridized carbons (Fsp3) is 0.278. The molecule has 0 aromatic carbocycles. The number of aromatic amines is 1. The zero-order chi connectivity index (χ0) is 19.7. The summed E-state index contributed by atoms with van der Waals surface area (Å²) in [4.78, 5) is 43.1. The molecule has 3 amide bonds. The maximum Gasteiger partial charge on any atom is 0.313 e. The van der Waals surface area contributed by atoms with E-state index in [-0.39, 0.29) is 17.3 Å². The Balaban J connectivity index is 1.53. The summed E-state index contributed by atoms with van der Waals surface area (Å²) < 4.78 is 1.02. The fourth-order valence-corrected chi connectivity index (χ4v) is 4.49. The third-order valence-electron chi connectivity index (χ3n) is 4.71. The van der Waals surface area contributed by atoms with Gasteiger partial charge in [0.05, 0.1) is 39.9 Å². The van der Waals surface area contributed by atoms with Gasteiger partial charge in [0.1, 0.15) is 0 Å². The third-order valence-corrected chi connectivity index (χ3v) is 5.88. The predicted octanol–water partition coefficient (Wildman–Crippen LogP) is 1.81. The number of rotatable bonds is 3. The van der Waals surface area contributed by atoms with Crippen molar-refractivity contribution in [2.75, 3.05) is 11.9 Å². The molecule has 4 rings (SSSR count). The molecular formula is C18H18N6O3S. The number of piperidine rings is 1. The molecule has 144 valence electrons. The van der Waals surface area contributed by atoms with Gasteiger partial charge in [-0.3, -0.25) is 24.5 Å². The van der Waals surface area contributed by atoms with Gasteiger partial charge in [0.2, 0.25) is 5.91 Å². The summed E-state index contributed by atoms with van der Waals surface area (Å²) in [5.74, 6) is -2.03. The summed E-state index contributed by atoms with van der Waals surface area (Å²) in [5, 5.41) is 9.44. The summed E-state index contributed by atoms with van der Waals surface area (Å²) in [5.41, 5.74) is 6.56. The van der Waals surface area contributed by atoms with Crippen molar-refractivity contribution in [1.29, 1.82) is 0 Å². The van der Waals surface area contributed by atoms with Crippen LogP contribution in [0.1, 0.15) is 40.5 Å². The SMILES string of the molecule is NC(=O)c1cncc(NC(=O)C(=O)N2CCCC[C@H]2c2cc3[nH]ncc3s2)c1. The van der Waals surface area contributed by atoms with Gasteiger partial charge in [-0.15, -0.1) is 11.3 Å². The number of fused-ring (bicyclic) bond motifs is 1. The van der Waals surface area contributed by atoms with E-state index in [0.29, 0.717) is 6.54 Å². The number of thiophene rings is 1. The van der Waals surface area contributed by atoms with Crippen molar-refractivity contribution in [1.82, 2.24) is 20.1 Å². The molecule has 0 bridgehead atoms. The van der Waals surface area contributed by atoms with Gasteiger partial charge in [-0.2, -0.15) is 5.10 Å². The van der Waals surface area contributed by atoms with E-state index in [1.54, 1.807) is 22.4 Å². The van der Waals surface area contributed by atoms with Crippen LogP contribution in [0.25, 0.3) is 10.2 Å². The number of carbonyl (C=O) groups excluding carboxylic acids is 3. The number of pyridine rings is 1. The Labute approximate surface area is 163 Å². The molecule has 1 fully saturated rings. The lowest BCUT2D eigenvalue weighted by Crippen LogP contribution is -2.44. The largest absolute Gasteiger partial charge is 0.366 e. The molecule has 3 aromatic heterocycles. The van der Waals surface area contributed by atoms with Gasteiger partial charge < -0.3 is 16.0 Å². The van der Waals surface area contributed by atoms with E-state index in [9.17, 15) is 14.4 Å². The zero-order valence-corrected chi connectivity index (χ0v) is 15.7. The number of amides is 3. The van der Waals surface area contributed by atoms with Crippen LogP contribution in [0.15, 0.2) is 30.7 Å². The molecule has 0 unspecified atom stereocenters. The lowest BCUT2D eigenvalue weighted by Gasteiger charge is -2.34. The van der Waals surface area contributed by atoms with E-state index in [0.717, 1.165) is 34.4 Å². The molecule has 1 aliphatic heterocycles. The molecule has 1 aliphatic rings. The first kappa shape index (κ1) is 18.1. The highest BCUT2D eigenvalue weighted by Crippen LogP contribution is 2.37. The van der Waals surface area contributed by atoms with Crippen LogP contribution >= 0.6 is 11.3 Å². The van der Waals surface area contributed by atoms with Crippen LogP contribution in [0.3, 0.4) is 0 Å². The van der Waals surface area contributed by atoms with Gasteiger partial charge in [0.25, 0.3) is 0 Å². The standard InChI is InChI=1S/C18H18N6O3S/c19-16(25)10-5-11(8-20-7-10)22-17(26)18(27)24-4-2-1-3-13(24)14-6-12-15(28-14)9-21-23-12/h5-9,13H,1-4H2,(H2,19,25)(H,21,23)(H,22,26)/t13-/m0/s1. The van der Waals surface area contributed by atoms with Gasteiger partial charge in [-0.05, 0) is 31.4 Å². The van der Waals surface area contributed by atoms with Crippen molar-refractivity contribution in [3.63, 3.8) is 0 Å². The molecule has 1 atom stereocenters. The smallest absolute Gasteiger partial charge is 0.313 e. The summed E-state index contributed by atoms with van der Waals surface area (Å²) in [6, 6.07) is 3.23. The Kier molecular flexibility index (Phi) is 4.78. The molecule has 4 heterocycles. The molecule has 0 spiro atoms. The van der Waals surface area contributed by atoms with Gasteiger partial charge in [-0.1, -0.05) is 0 Å². The molecule has 1 saturated heterocycles. The molecule has 4 N–H and O–H groups in total. The summed E-state index contributed by atoms with van der Waals surface area (Å²) >= 11 is 1.57. The highest BCUT2D eigenvalue weighted by Gasteiger charge is 2.33. The highest BCUT2D eigenvalue weighted by molar-refractivity contribution is 7.19. The van der Waals surface area contributed by atoms with Crippen molar-refractivity contribution in [3.8, 4) is 0 Å². The van der Waals surface area contributed by atoms with E-state index in [1.165, 1.54) is 18.5 Å². The molecule has 28 heavy (non-hydrogen) atoms. The maximum absolute atomic E-state index is 12.8. The van der Waals surface area contributed by atoms with Gasteiger partial charge in [0.15, 0.2) is 0 Å². The number of H-pyrrole nitrogens is 1. The van der Waals surface area contributed by atoms with Crippen molar-refractivity contribution >= 4 is 45.0 Å². The van der Waals surface area contributed by atoms with Crippen molar-refractivity contribution in [2.45, 2.75) is 25.3 Å². The Morgan fingerprint density at radius 2 is 2.07 bits per heavy atom. The van der Waals surface area contributed by atoms with E-state index in [2.05, 4.69) is 20.5 Å². The molecule has 0 saturated carbocycles. The van der Waals surface area contributed by atoms with E-state index < -0.39 is 17.7 Å². The van der Waals surface area contributed by atoms with Gasteiger partial charge in [-0.25, -0.2) is 0 Å². The molecular weight excluding hydrogens is 380 g/mol. The van der Waals surface area contributed by atoms with E-state index in [1.807, 2.05) is 6.07 Å². The lowest BCUT2D eigenvalue weighted by atomic mass is 10.0. The number of hydrogen-bond donors (Lipinski definition) is 3. The van der Waals surface area contributed by atoms with Crippen LogP contribution in [0.5, 0.6) is 0 Å². The topological polar surface area (TPSA) is 134 Å². The summed E-state index contributed by atoms with van der Waals surface area (Å²) in [6.07, 6.45) is 7.05. The van der Waals surface area contributed by atoms with Gasteiger partial charge >= 0.3 is 11.8 Å². The predicted molar refractivity (Wildman–Crippen MR) is 104 cm³/mol. The Morgan fingerprint density at radius 3 is 2.86 bits per heavy atom. The average molecular weight is 398 g/mol. The summed E-state index contributed by atoms with van der Waals surface area (Å²) in [6.45, 7) is 0.514. The molecule has 0 aliphatic carbocycles. The number of aromatic nitrogens is 3. The second-order valence-corrected chi connectivity index (χ2v) is 7.70. The maximum atomic E-state index is 12.8. The molecule has 3 aromatic rings. The average Bonchev–Trinajstić information content (AvgIpc) is 3.29. The number of nitrogens with two attached hydrogens (primary N) is 1. The van der Waals surface area contributed by atoms with Crippen LogP contribution < -0.4 is 11.1 Å². The van der Waals surface area contributed by atoms with Crippen molar-refractivity contribution in [2.24, 2.45) is 5.73 Å². The van der Waals surface area contributed by atoms with Crippen LogP contribution in [0, 0.1) is 0 Å². The normalized spacial score (nSPS) is 16.9. The minimum absolute atomic E-state index is 0.145. The lowest BCUT2D eigenvalue weighted by molar-refractivity contribution is -0.145. The Hall–Kier alpha value is -3.27. The van der Waals surface area contributed by atoms with Crippen molar-refractivity contribution in [3.05, 3.63) is 41.2 Å². The Bertz CT molecular complexity index is 1030. The molecule has 0 radical (unpaired) electrons. The number of nitrogens with one attached hydrogen (secondary N) is 2. The number of carbonyl (C=O) groups is 3. The number of primary amides is 1. The van der Waals surface area contributed by atoms with E-state index in [4.69, 9.17) is 5.73 Å². The second-order valence-electron chi connectivity index (χ2n) is 6.59. The summed E-state index contributed by atoms with van der Waals surface area (Å²) in [7, 11) is 0. The quantitative estimate of drug-likeness (QED) is 0.579. The highest BCUT2D eigenvalue weighted by atomic mass is 32.1. The first-order chi connectivity index (χ1) is 13.5. The number of nitrogens with zero attached hydrogens (tertiary/aromatic N) is 3. The number of anilines is 1. The Morgan fingerprint density at radius 1 is 1.21 bits per heavy atom. The first-order valence-corrected chi connectivity index (χ1v) is 9.64. The number of likely N-dealkylation sites (tertiary alicyclic amines) is 1. The third kappa shape index (κ3) is 3.46. The van der Waals surface area contributed by atoms with Crippen molar-refractivity contribution < 1.29 is 14.4 Å².